The highest BCUT2D eigenvalue weighted by molar-refractivity contribution is 5.93. The summed E-state index contributed by atoms with van der Waals surface area (Å²) in [7, 11) is 0. The third-order valence-electron chi connectivity index (χ3n) is 26.0. The summed E-state index contributed by atoms with van der Waals surface area (Å²) in [6.45, 7) is 21.4. The van der Waals surface area contributed by atoms with Gasteiger partial charge in [0.2, 0.25) is 0 Å². The summed E-state index contributed by atoms with van der Waals surface area (Å²) in [5.41, 5.74) is 36.7. The van der Waals surface area contributed by atoms with E-state index in [9.17, 15) is 4.39 Å². The lowest BCUT2D eigenvalue weighted by Gasteiger charge is -2.35. The van der Waals surface area contributed by atoms with Crippen LogP contribution in [0.4, 0.5) is 47.3 Å². The molecule has 2 aliphatic rings. The number of benzene rings is 18. The predicted octanol–water partition coefficient (Wildman–Crippen LogP) is 32.4. The molecule has 0 aromatic heterocycles. The highest BCUT2D eigenvalue weighted by Crippen LogP contribution is 2.60. The second-order valence-corrected chi connectivity index (χ2v) is 33.8. The van der Waals surface area contributed by atoms with Gasteiger partial charge in [-0.3, -0.25) is 0 Å². The highest BCUT2D eigenvalue weighted by atomic mass is 19.1. The SMILES string of the molecule is C=Cc1ccc(COc2ccc(C3(c4cc(C)ccc4C)c4ccccc4-c4ccc(-c5ccc(N(c6ccc(-c7ccc(N(c8ccc(-c9ccc%10c(c9)C(c9ccc(OCc%11ccc(C=C)cc%11)cc9)(c9cc(C)ccc9C)c9ccccc9-%10)cc8)c8ccc(-c9ccc(C=C)cc9F)cc8)cc7)cc6)c6ccc(-c7ccc(F)cc7F)cc6)cc5)cc43)cc2)cc1. The van der Waals surface area contributed by atoms with Crippen molar-refractivity contribution in [2.24, 2.45) is 0 Å². The van der Waals surface area contributed by atoms with Gasteiger partial charge in [-0.2, -0.15) is 0 Å². The van der Waals surface area contributed by atoms with Gasteiger partial charge in [-0.15, -0.1) is 0 Å². The van der Waals surface area contributed by atoms with Crippen molar-refractivity contribution in [2.75, 3.05) is 9.80 Å². The molecule has 0 saturated heterocycles. The summed E-state index contributed by atoms with van der Waals surface area (Å²) >= 11 is 0. The van der Waals surface area contributed by atoms with Crippen molar-refractivity contribution >= 4 is 52.4 Å². The zero-order chi connectivity index (χ0) is 88.0. The Bertz CT molecular complexity index is 7310. The second kappa shape index (κ2) is 34.3. The van der Waals surface area contributed by atoms with Gasteiger partial charge in [-0.25, -0.2) is 13.2 Å². The average molecular weight is 1670 g/mol. The normalized spacial score (nSPS) is 13.9. The molecule has 622 valence electrons. The van der Waals surface area contributed by atoms with Crippen molar-refractivity contribution in [3.05, 3.63) is 532 Å². The van der Waals surface area contributed by atoms with E-state index >= 15 is 8.78 Å². The molecule has 0 heterocycles. The number of fused-ring (bicyclic) bond motifs is 6. The molecule has 0 spiro atoms. The van der Waals surface area contributed by atoms with Crippen LogP contribution in [0.1, 0.15) is 94.6 Å². The van der Waals surface area contributed by atoms with Gasteiger partial charge in [0.1, 0.15) is 42.2 Å². The number of hydrogen-bond donors (Lipinski definition) is 0. The fourth-order valence-corrected chi connectivity index (χ4v) is 19.4. The number of rotatable bonds is 24. The van der Waals surface area contributed by atoms with Crippen molar-refractivity contribution in [1.29, 1.82) is 0 Å². The molecule has 2 unspecified atom stereocenters. The smallest absolute Gasteiger partial charge is 0.133 e. The van der Waals surface area contributed by atoms with E-state index in [0.717, 1.165) is 124 Å². The Morgan fingerprint density at radius 3 is 0.922 bits per heavy atom. The molecule has 0 saturated carbocycles. The maximum absolute atomic E-state index is 15.9. The molecule has 0 radical (unpaired) electrons. The minimum Gasteiger partial charge on any atom is -0.489 e. The Balaban J connectivity index is 0.630. The summed E-state index contributed by atoms with van der Waals surface area (Å²) in [6, 6.07) is 139. The summed E-state index contributed by atoms with van der Waals surface area (Å²) in [5.74, 6) is 0.00589. The van der Waals surface area contributed by atoms with Crippen LogP contribution in [0.3, 0.4) is 0 Å². The van der Waals surface area contributed by atoms with E-state index in [1.807, 2.05) is 60.7 Å². The molecule has 0 fully saturated rings. The molecule has 0 aliphatic heterocycles. The molecular weight excluding hydrogens is 1580 g/mol. The lowest BCUT2D eigenvalue weighted by Crippen LogP contribution is -2.29. The fraction of sp³-hybridized carbons (Fsp3) is 0.0656. The van der Waals surface area contributed by atoms with Gasteiger partial charge in [0.25, 0.3) is 0 Å². The first-order valence-electron chi connectivity index (χ1n) is 43.7. The van der Waals surface area contributed by atoms with Gasteiger partial charge < -0.3 is 19.3 Å². The average Bonchev–Trinajstić information content (AvgIpc) is 1.54. The van der Waals surface area contributed by atoms with Gasteiger partial charge in [-0.1, -0.05) is 316 Å². The number of aryl methyl sites for hydroxylation is 4. The maximum atomic E-state index is 15.9. The Morgan fingerprint density at radius 1 is 0.256 bits per heavy atom. The first-order chi connectivity index (χ1) is 63.1. The Kier molecular flexibility index (Phi) is 21.6. The molecule has 20 rings (SSSR count). The standard InChI is InChI=1S/C122H91F3N2O2/c1-8-83-23-27-86(28-24-83)77-128-105-63-46-96(47-64-105)121(115-71-79(4)19-21-81(115)6)113-17-13-11-15-109(113)111-68-44-94(74-117(111)121)90-36-55-101(56-37-90)126(103-59-40-92(41-60-103)107-67-31-85(10-3)73-119(107)124)99-51-32-88(33-52-99)89-34-53-100(54-35-89)127(104-61-42-93(43-62-104)108-70-50-98(123)76-120(108)125)102-57-38-91(39-58-102)95-45-69-112-110-16-12-14-18-114(110)122(118(112)75-95,116-72-80(5)20-22-82(116)7)97-48-65-106(66-49-97)129-78-87-29-25-84(9-2)26-30-87/h8-76H,1-3,77-78H2,4-7H3. The molecule has 18 aromatic carbocycles. The van der Waals surface area contributed by atoms with E-state index in [-0.39, 0.29) is 5.82 Å². The lowest BCUT2D eigenvalue weighted by molar-refractivity contribution is 0.306. The van der Waals surface area contributed by atoms with E-state index in [0.29, 0.717) is 35.5 Å². The molecule has 2 aliphatic carbocycles. The van der Waals surface area contributed by atoms with Gasteiger partial charge in [-0.05, 0) is 305 Å². The predicted molar refractivity (Wildman–Crippen MR) is 528 cm³/mol. The quantitative estimate of drug-likeness (QED) is 0.0602. The molecule has 2 atom stereocenters. The summed E-state index contributed by atoms with van der Waals surface area (Å²) in [6.07, 6.45) is 5.35. The summed E-state index contributed by atoms with van der Waals surface area (Å²) < 4.78 is 58.7. The third kappa shape index (κ3) is 15.1. The maximum Gasteiger partial charge on any atom is 0.133 e. The molecule has 129 heavy (non-hydrogen) atoms. The Hall–Kier alpha value is -15.8. The minimum absolute atomic E-state index is 0.311. The minimum atomic E-state index is -0.677. The largest absolute Gasteiger partial charge is 0.489 e. The second-order valence-electron chi connectivity index (χ2n) is 33.8. The van der Waals surface area contributed by atoms with Gasteiger partial charge in [0.05, 0.1) is 10.8 Å². The first kappa shape index (κ1) is 81.5. The lowest BCUT2D eigenvalue weighted by atomic mass is 9.66. The monoisotopic (exact) mass is 1670 g/mol. The fourth-order valence-electron chi connectivity index (χ4n) is 19.4. The van der Waals surface area contributed by atoms with Crippen molar-refractivity contribution < 1.29 is 22.6 Å². The number of hydrogen-bond acceptors (Lipinski definition) is 4. The molecule has 4 nitrogen and oxygen atoms in total. The van der Waals surface area contributed by atoms with E-state index in [1.165, 1.54) is 96.1 Å². The van der Waals surface area contributed by atoms with Crippen LogP contribution in [0.5, 0.6) is 11.5 Å². The number of anilines is 6. The molecule has 18 aromatic rings. The molecule has 0 bridgehead atoms. The van der Waals surface area contributed by atoms with Crippen molar-refractivity contribution in [1.82, 2.24) is 0 Å². The number of ether oxygens (including phenoxy) is 2. The summed E-state index contributed by atoms with van der Waals surface area (Å²) in [4.78, 5) is 4.46. The summed E-state index contributed by atoms with van der Waals surface area (Å²) in [5, 5.41) is 0. The van der Waals surface area contributed by atoms with Crippen LogP contribution in [0, 0.1) is 45.1 Å². The zero-order valence-electron chi connectivity index (χ0n) is 72.2. The van der Waals surface area contributed by atoms with Crippen LogP contribution in [0.2, 0.25) is 0 Å². The molecule has 0 amide bonds. The Morgan fingerprint density at radius 2 is 0.566 bits per heavy atom. The van der Waals surface area contributed by atoms with Crippen LogP contribution in [-0.4, -0.2) is 0 Å². The van der Waals surface area contributed by atoms with Crippen LogP contribution in [0.15, 0.2) is 420 Å². The van der Waals surface area contributed by atoms with Crippen LogP contribution < -0.4 is 19.3 Å². The first-order valence-corrected chi connectivity index (χ1v) is 43.7. The van der Waals surface area contributed by atoms with Gasteiger partial charge >= 0.3 is 0 Å². The Labute approximate surface area is 753 Å². The van der Waals surface area contributed by atoms with Crippen molar-refractivity contribution in [3.8, 4) is 89.4 Å². The number of nitrogens with zero attached hydrogens (tertiary/aromatic N) is 2. The van der Waals surface area contributed by atoms with Gasteiger partial charge in [0, 0.05) is 51.3 Å². The highest BCUT2D eigenvalue weighted by Gasteiger charge is 2.49. The van der Waals surface area contributed by atoms with Crippen LogP contribution >= 0.6 is 0 Å². The molecule has 0 N–H and O–H groups in total. The third-order valence-corrected chi connectivity index (χ3v) is 26.0. The van der Waals surface area contributed by atoms with Crippen molar-refractivity contribution in [2.45, 2.75) is 51.7 Å². The van der Waals surface area contributed by atoms with Crippen molar-refractivity contribution in [3.63, 3.8) is 0 Å². The van der Waals surface area contributed by atoms with E-state index in [4.69, 9.17) is 9.47 Å². The molecule has 7 heteroatoms. The van der Waals surface area contributed by atoms with Crippen LogP contribution in [0.25, 0.3) is 96.1 Å². The van der Waals surface area contributed by atoms with E-state index in [1.54, 1.807) is 6.08 Å². The topological polar surface area (TPSA) is 24.9 Å². The van der Waals surface area contributed by atoms with Crippen LogP contribution in [-0.2, 0) is 24.0 Å². The van der Waals surface area contributed by atoms with E-state index < -0.39 is 22.5 Å². The zero-order valence-corrected chi connectivity index (χ0v) is 72.2. The van der Waals surface area contributed by atoms with E-state index in [2.05, 4.69) is 385 Å². The number of halogens is 3. The van der Waals surface area contributed by atoms with Gasteiger partial charge in [0.15, 0.2) is 0 Å². The molecular formula is C122H91F3N2O2.